The van der Waals surface area contributed by atoms with Crippen molar-refractivity contribution in [1.82, 2.24) is 9.21 Å². The number of piperazine rings is 1. The fourth-order valence-electron chi connectivity index (χ4n) is 3.64. The summed E-state index contributed by atoms with van der Waals surface area (Å²) in [6.07, 6.45) is 3.59. The number of rotatable bonds is 3. The number of nitrogens with zero attached hydrogens (tertiary/aromatic N) is 2. The lowest BCUT2D eigenvalue weighted by Crippen LogP contribution is -2.52. The van der Waals surface area contributed by atoms with Gasteiger partial charge in [-0.2, -0.15) is 4.31 Å². The van der Waals surface area contributed by atoms with Crippen LogP contribution in [0.4, 0.5) is 0 Å². The first-order valence-electron chi connectivity index (χ1n) is 8.68. The molecule has 8 heteroatoms. The molecule has 1 saturated carbocycles. The molecule has 138 valence electrons. The molecular weight excluding hydrogens is 362 g/mol. The van der Waals surface area contributed by atoms with E-state index in [4.69, 9.17) is 17.3 Å². The maximum atomic E-state index is 12.7. The van der Waals surface area contributed by atoms with Gasteiger partial charge in [-0.15, -0.1) is 0 Å². The molecule has 1 heterocycles. The Hall–Kier alpha value is -1.15. The Labute approximate surface area is 154 Å². The molecule has 0 aromatic heterocycles. The first kappa shape index (κ1) is 18.6. The number of benzene rings is 1. The second-order valence-electron chi connectivity index (χ2n) is 6.81. The molecule has 3 rings (SSSR count). The van der Waals surface area contributed by atoms with Gasteiger partial charge in [-0.25, -0.2) is 8.42 Å². The van der Waals surface area contributed by atoms with Gasteiger partial charge in [-0.05, 0) is 37.5 Å². The number of carbonyl (C=O) groups is 1. The number of nitrogens with two attached hydrogens (primary N) is 1. The molecule has 2 fully saturated rings. The van der Waals surface area contributed by atoms with Crippen LogP contribution in [0.3, 0.4) is 0 Å². The van der Waals surface area contributed by atoms with Crippen LogP contribution in [0.5, 0.6) is 0 Å². The highest BCUT2D eigenvalue weighted by atomic mass is 35.5. The van der Waals surface area contributed by atoms with Gasteiger partial charge in [-0.1, -0.05) is 24.1 Å². The van der Waals surface area contributed by atoms with Gasteiger partial charge in [0.25, 0.3) is 0 Å². The smallest absolute Gasteiger partial charge is 0.243 e. The summed E-state index contributed by atoms with van der Waals surface area (Å²) in [5.41, 5.74) is 5.98. The number of halogens is 1. The molecule has 2 aliphatic rings. The van der Waals surface area contributed by atoms with Crippen LogP contribution in [0.15, 0.2) is 29.2 Å². The van der Waals surface area contributed by atoms with E-state index in [0.717, 1.165) is 25.7 Å². The Balaban J connectivity index is 1.62. The lowest BCUT2D eigenvalue weighted by molar-refractivity contribution is -0.137. The van der Waals surface area contributed by atoms with Gasteiger partial charge >= 0.3 is 0 Å². The van der Waals surface area contributed by atoms with E-state index in [9.17, 15) is 13.2 Å². The van der Waals surface area contributed by atoms with E-state index in [0.29, 0.717) is 31.2 Å². The zero-order chi connectivity index (χ0) is 18.0. The van der Waals surface area contributed by atoms with Gasteiger partial charge in [0.05, 0.1) is 4.90 Å². The number of hydrogen-bond acceptors (Lipinski definition) is 4. The average Bonchev–Trinajstić information content (AvgIpc) is 2.61. The van der Waals surface area contributed by atoms with Crippen molar-refractivity contribution in [3.8, 4) is 0 Å². The lowest BCUT2D eigenvalue weighted by Gasteiger charge is -2.37. The molecule has 2 N–H and O–H groups in total. The summed E-state index contributed by atoms with van der Waals surface area (Å²) in [7, 11) is -3.58. The summed E-state index contributed by atoms with van der Waals surface area (Å²) in [5, 5.41) is 0.392. The highest BCUT2D eigenvalue weighted by molar-refractivity contribution is 7.89. The van der Waals surface area contributed by atoms with Crippen LogP contribution < -0.4 is 5.73 Å². The monoisotopic (exact) mass is 385 g/mol. The van der Waals surface area contributed by atoms with Gasteiger partial charge in [0.2, 0.25) is 15.9 Å². The van der Waals surface area contributed by atoms with Crippen LogP contribution in [-0.4, -0.2) is 55.8 Å². The minimum atomic E-state index is -3.58. The zero-order valence-electron chi connectivity index (χ0n) is 14.1. The predicted octanol–water partition coefficient (Wildman–Crippen LogP) is 1.69. The molecule has 1 aromatic rings. The number of carbonyl (C=O) groups excluding carboxylic acids is 1. The fourth-order valence-corrected chi connectivity index (χ4v) is 5.36. The first-order valence-corrected chi connectivity index (χ1v) is 10.5. The van der Waals surface area contributed by atoms with E-state index in [1.165, 1.54) is 10.4 Å². The van der Waals surface area contributed by atoms with E-state index in [1.54, 1.807) is 23.1 Å². The number of amides is 1. The summed E-state index contributed by atoms with van der Waals surface area (Å²) < 4.78 is 26.8. The van der Waals surface area contributed by atoms with Crippen molar-refractivity contribution in [1.29, 1.82) is 0 Å². The van der Waals surface area contributed by atoms with E-state index in [-0.39, 0.29) is 22.8 Å². The van der Waals surface area contributed by atoms with Gasteiger partial charge in [0.1, 0.15) is 0 Å². The van der Waals surface area contributed by atoms with Gasteiger partial charge in [-0.3, -0.25) is 4.79 Å². The normalized spacial score (nSPS) is 25.8. The van der Waals surface area contributed by atoms with E-state index in [2.05, 4.69) is 0 Å². The van der Waals surface area contributed by atoms with Crippen LogP contribution in [-0.2, 0) is 14.8 Å². The van der Waals surface area contributed by atoms with E-state index >= 15 is 0 Å². The third-order valence-electron chi connectivity index (χ3n) is 5.05. The molecule has 2 atom stereocenters. The Morgan fingerprint density at radius 2 is 1.88 bits per heavy atom. The second kappa shape index (κ2) is 7.61. The zero-order valence-corrected chi connectivity index (χ0v) is 15.7. The number of sulfonamides is 1. The maximum absolute atomic E-state index is 12.7. The maximum Gasteiger partial charge on any atom is 0.243 e. The highest BCUT2D eigenvalue weighted by Gasteiger charge is 2.34. The Bertz CT molecular complexity index is 732. The van der Waals surface area contributed by atoms with Gasteiger partial charge in [0, 0.05) is 43.2 Å². The number of hydrogen-bond donors (Lipinski definition) is 1. The van der Waals surface area contributed by atoms with Crippen LogP contribution in [0.2, 0.25) is 5.02 Å². The van der Waals surface area contributed by atoms with Crippen molar-refractivity contribution >= 4 is 27.5 Å². The van der Waals surface area contributed by atoms with Crippen LogP contribution in [0.1, 0.15) is 25.7 Å². The Kier molecular flexibility index (Phi) is 5.68. The highest BCUT2D eigenvalue weighted by Crippen LogP contribution is 2.26. The summed E-state index contributed by atoms with van der Waals surface area (Å²) in [4.78, 5) is 14.6. The van der Waals surface area contributed by atoms with E-state index in [1.807, 2.05) is 0 Å². The van der Waals surface area contributed by atoms with Crippen molar-refractivity contribution in [3.05, 3.63) is 29.3 Å². The molecule has 0 spiro atoms. The van der Waals surface area contributed by atoms with Crippen LogP contribution in [0.25, 0.3) is 0 Å². The van der Waals surface area contributed by atoms with Crippen LogP contribution >= 0.6 is 11.6 Å². The molecule has 1 amide bonds. The Morgan fingerprint density at radius 1 is 1.16 bits per heavy atom. The molecule has 1 aliphatic carbocycles. The van der Waals surface area contributed by atoms with E-state index < -0.39 is 10.0 Å². The van der Waals surface area contributed by atoms with Gasteiger partial charge < -0.3 is 10.6 Å². The Morgan fingerprint density at radius 3 is 2.52 bits per heavy atom. The topological polar surface area (TPSA) is 83.7 Å². The standard InChI is InChI=1S/C17H24ClN3O3S/c18-14-4-2-6-16(12-14)25(23,24)21-9-7-20(8-10-21)17(22)13-3-1-5-15(19)11-13/h2,4,6,12-13,15H,1,3,5,7-11,19H2. The molecule has 0 bridgehead atoms. The third kappa shape index (κ3) is 4.16. The fraction of sp³-hybridized carbons (Fsp3) is 0.588. The van der Waals surface area contributed by atoms with Crippen molar-refractivity contribution in [2.45, 2.75) is 36.6 Å². The van der Waals surface area contributed by atoms with Crippen molar-refractivity contribution in [2.75, 3.05) is 26.2 Å². The molecule has 1 aliphatic heterocycles. The summed E-state index contributed by atoms with van der Waals surface area (Å²) in [6.45, 7) is 1.45. The van der Waals surface area contributed by atoms with Crippen molar-refractivity contribution in [2.24, 2.45) is 11.7 Å². The minimum absolute atomic E-state index is 0.0140. The summed E-state index contributed by atoms with van der Waals surface area (Å²) >= 11 is 5.91. The van der Waals surface area contributed by atoms with Crippen molar-refractivity contribution < 1.29 is 13.2 Å². The molecule has 2 unspecified atom stereocenters. The molecule has 1 saturated heterocycles. The quantitative estimate of drug-likeness (QED) is 0.858. The molecule has 6 nitrogen and oxygen atoms in total. The third-order valence-corrected chi connectivity index (χ3v) is 7.18. The first-order chi connectivity index (χ1) is 11.9. The molecule has 25 heavy (non-hydrogen) atoms. The lowest BCUT2D eigenvalue weighted by atomic mass is 9.85. The molecular formula is C17H24ClN3O3S. The summed E-state index contributed by atoms with van der Waals surface area (Å²) in [6, 6.07) is 6.38. The van der Waals surface area contributed by atoms with Gasteiger partial charge in [0.15, 0.2) is 0 Å². The average molecular weight is 386 g/mol. The predicted molar refractivity (Wildman–Crippen MR) is 96.7 cm³/mol. The largest absolute Gasteiger partial charge is 0.340 e. The SMILES string of the molecule is NC1CCCC(C(=O)N2CCN(S(=O)(=O)c3cccc(Cl)c3)CC2)C1. The second-order valence-corrected chi connectivity index (χ2v) is 9.18. The molecule has 1 aromatic carbocycles. The minimum Gasteiger partial charge on any atom is -0.340 e. The van der Waals surface area contributed by atoms with Crippen LogP contribution in [0, 0.1) is 5.92 Å². The summed E-state index contributed by atoms with van der Waals surface area (Å²) in [5.74, 6) is 0.106. The van der Waals surface area contributed by atoms with Crippen molar-refractivity contribution in [3.63, 3.8) is 0 Å². The molecule has 0 radical (unpaired) electrons.